The monoisotopic (exact) mass is 277 g/mol. The summed E-state index contributed by atoms with van der Waals surface area (Å²) in [7, 11) is 0. The third-order valence-corrected chi connectivity index (χ3v) is 4.37. The Bertz CT molecular complexity index is 658. The third kappa shape index (κ3) is 1.82. The summed E-state index contributed by atoms with van der Waals surface area (Å²) in [5.74, 6) is 0. The van der Waals surface area contributed by atoms with Crippen LogP contribution in [0.25, 0.3) is 0 Å². The van der Waals surface area contributed by atoms with Crippen molar-refractivity contribution in [1.29, 1.82) is 0 Å². The van der Waals surface area contributed by atoms with E-state index in [0.717, 1.165) is 32.1 Å². The standard InChI is InChI=1S/C14H19N3O3/c1-10-7-8-12(9-18)17-14(20)15(13(19)16(10)17)11-5-3-2-4-6-11/h7-12H,2-6H2,1H3. The lowest BCUT2D eigenvalue weighted by atomic mass is 9.95. The molecule has 2 heterocycles. The molecule has 1 fully saturated rings. The summed E-state index contributed by atoms with van der Waals surface area (Å²) in [6.07, 6.45) is 9.17. The average molecular weight is 277 g/mol. The van der Waals surface area contributed by atoms with E-state index in [1.54, 1.807) is 12.2 Å². The van der Waals surface area contributed by atoms with Crippen molar-refractivity contribution in [3.8, 4) is 0 Å². The first kappa shape index (κ1) is 13.1. The van der Waals surface area contributed by atoms with Crippen molar-refractivity contribution >= 4 is 6.29 Å². The Morgan fingerprint density at radius 3 is 2.35 bits per heavy atom. The molecule has 0 aromatic carbocycles. The molecule has 20 heavy (non-hydrogen) atoms. The number of hydrogen-bond acceptors (Lipinski definition) is 3. The Morgan fingerprint density at radius 1 is 1.05 bits per heavy atom. The van der Waals surface area contributed by atoms with Gasteiger partial charge in [-0.15, -0.1) is 0 Å². The van der Waals surface area contributed by atoms with Crippen molar-refractivity contribution in [2.45, 2.75) is 57.2 Å². The first-order valence-electron chi connectivity index (χ1n) is 7.24. The van der Waals surface area contributed by atoms with Gasteiger partial charge in [0.15, 0.2) is 0 Å². The van der Waals surface area contributed by atoms with E-state index in [2.05, 4.69) is 0 Å². The van der Waals surface area contributed by atoms with E-state index in [9.17, 15) is 14.4 Å². The van der Waals surface area contributed by atoms with Gasteiger partial charge >= 0.3 is 11.4 Å². The van der Waals surface area contributed by atoms with Crippen molar-refractivity contribution in [2.24, 2.45) is 0 Å². The number of carbonyl (C=O) groups is 1. The highest BCUT2D eigenvalue weighted by atomic mass is 16.2. The summed E-state index contributed by atoms with van der Waals surface area (Å²) in [5, 5.41) is 0. The van der Waals surface area contributed by atoms with Crippen LogP contribution in [-0.2, 0) is 4.79 Å². The molecule has 0 amide bonds. The number of aldehydes is 1. The highest BCUT2D eigenvalue weighted by Crippen LogP contribution is 2.26. The average Bonchev–Trinajstić information content (AvgIpc) is 2.73. The van der Waals surface area contributed by atoms with Crippen LogP contribution in [0.4, 0.5) is 0 Å². The van der Waals surface area contributed by atoms with Gasteiger partial charge in [-0.3, -0.25) is 0 Å². The summed E-state index contributed by atoms with van der Waals surface area (Å²) >= 11 is 0. The van der Waals surface area contributed by atoms with Crippen molar-refractivity contribution in [1.82, 2.24) is 13.9 Å². The zero-order chi connectivity index (χ0) is 14.3. The van der Waals surface area contributed by atoms with Crippen LogP contribution in [0.15, 0.2) is 21.7 Å². The second kappa shape index (κ2) is 4.92. The maximum absolute atomic E-state index is 12.6. The maximum atomic E-state index is 12.6. The fourth-order valence-electron chi connectivity index (χ4n) is 3.32. The van der Waals surface area contributed by atoms with Gasteiger partial charge in [-0.05, 0) is 19.8 Å². The van der Waals surface area contributed by atoms with E-state index >= 15 is 0 Å². The Hall–Kier alpha value is -1.85. The largest absolute Gasteiger partial charge is 0.348 e. The number of rotatable bonds is 2. The minimum atomic E-state index is -0.670. The van der Waals surface area contributed by atoms with Crippen LogP contribution >= 0.6 is 0 Å². The van der Waals surface area contributed by atoms with Gasteiger partial charge in [-0.25, -0.2) is 23.5 Å². The van der Waals surface area contributed by atoms with Gasteiger partial charge < -0.3 is 4.79 Å². The molecular formula is C14H19N3O3. The minimum absolute atomic E-state index is 0.0196. The molecule has 2 atom stereocenters. The number of fused-ring (bicyclic) bond motifs is 1. The molecule has 6 nitrogen and oxygen atoms in total. The van der Waals surface area contributed by atoms with Gasteiger partial charge in [0, 0.05) is 6.04 Å². The second-order valence-corrected chi connectivity index (χ2v) is 5.67. The van der Waals surface area contributed by atoms with E-state index in [4.69, 9.17) is 0 Å². The zero-order valence-corrected chi connectivity index (χ0v) is 11.6. The molecule has 2 unspecified atom stereocenters. The van der Waals surface area contributed by atoms with Gasteiger partial charge in [-0.1, -0.05) is 31.4 Å². The lowest BCUT2D eigenvalue weighted by Crippen LogP contribution is -2.35. The summed E-state index contributed by atoms with van der Waals surface area (Å²) in [5.41, 5.74) is -0.638. The van der Waals surface area contributed by atoms with Crippen LogP contribution in [0.2, 0.25) is 0 Å². The third-order valence-electron chi connectivity index (χ3n) is 4.37. The predicted octanol–water partition coefficient (Wildman–Crippen LogP) is 1.19. The van der Waals surface area contributed by atoms with Crippen LogP contribution < -0.4 is 11.4 Å². The molecule has 3 rings (SSSR count). The van der Waals surface area contributed by atoms with Crippen LogP contribution in [0.1, 0.15) is 57.2 Å². The number of nitrogens with zero attached hydrogens (tertiary/aromatic N) is 3. The van der Waals surface area contributed by atoms with E-state index in [-0.39, 0.29) is 23.5 Å². The highest BCUT2D eigenvalue weighted by molar-refractivity contribution is 5.59. The molecule has 1 aliphatic heterocycles. The molecule has 1 aliphatic carbocycles. The van der Waals surface area contributed by atoms with E-state index < -0.39 is 6.04 Å². The molecule has 1 saturated carbocycles. The van der Waals surface area contributed by atoms with Crippen LogP contribution in [0.5, 0.6) is 0 Å². The number of allylic oxidation sites excluding steroid dienone is 2. The van der Waals surface area contributed by atoms with Gasteiger partial charge in [-0.2, -0.15) is 0 Å². The normalized spacial score (nSPS) is 26.4. The maximum Gasteiger partial charge on any atom is 0.348 e. The number of carbonyl (C=O) groups excluding carboxylic acids is 1. The fourth-order valence-corrected chi connectivity index (χ4v) is 3.32. The van der Waals surface area contributed by atoms with E-state index in [1.165, 1.54) is 13.9 Å². The molecule has 0 saturated heterocycles. The number of aromatic nitrogens is 3. The molecule has 2 aliphatic rings. The van der Waals surface area contributed by atoms with E-state index in [1.807, 2.05) is 6.92 Å². The van der Waals surface area contributed by atoms with Gasteiger partial charge in [0.05, 0.1) is 6.04 Å². The Morgan fingerprint density at radius 2 is 1.70 bits per heavy atom. The molecule has 0 radical (unpaired) electrons. The first-order valence-corrected chi connectivity index (χ1v) is 7.24. The van der Waals surface area contributed by atoms with Crippen LogP contribution in [0.3, 0.4) is 0 Å². The highest BCUT2D eigenvalue weighted by Gasteiger charge is 2.29. The van der Waals surface area contributed by atoms with Crippen molar-refractivity contribution in [2.75, 3.05) is 0 Å². The Balaban J connectivity index is 2.17. The van der Waals surface area contributed by atoms with Crippen molar-refractivity contribution < 1.29 is 4.79 Å². The zero-order valence-electron chi connectivity index (χ0n) is 11.6. The Labute approximate surface area is 116 Å². The lowest BCUT2D eigenvalue weighted by molar-refractivity contribution is -0.110. The van der Waals surface area contributed by atoms with Crippen LogP contribution in [-0.4, -0.2) is 20.2 Å². The minimum Gasteiger partial charge on any atom is -0.301 e. The first-order chi connectivity index (χ1) is 9.65. The summed E-state index contributed by atoms with van der Waals surface area (Å²) in [6.45, 7) is 1.85. The summed E-state index contributed by atoms with van der Waals surface area (Å²) in [4.78, 5) is 36.3. The molecule has 1 aromatic rings. The summed E-state index contributed by atoms with van der Waals surface area (Å²) < 4.78 is 4.07. The molecule has 0 N–H and O–H groups in total. The molecule has 0 spiro atoms. The number of hydrogen-bond donors (Lipinski definition) is 0. The van der Waals surface area contributed by atoms with Crippen molar-refractivity contribution in [3.63, 3.8) is 0 Å². The lowest BCUT2D eigenvalue weighted by Gasteiger charge is -2.20. The van der Waals surface area contributed by atoms with Gasteiger partial charge in [0.2, 0.25) is 0 Å². The second-order valence-electron chi connectivity index (χ2n) is 5.67. The molecule has 108 valence electrons. The quantitative estimate of drug-likeness (QED) is 0.602. The summed E-state index contributed by atoms with van der Waals surface area (Å²) in [6, 6.07) is -0.888. The SMILES string of the molecule is CC1C=CC(C=O)n2c(=O)n(C3CCCCC3)c(=O)n21. The Kier molecular flexibility index (Phi) is 3.23. The molecule has 0 bridgehead atoms. The topological polar surface area (TPSA) is 66.0 Å². The predicted molar refractivity (Wildman–Crippen MR) is 74.0 cm³/mol. The fraction of sp³-hybridized carbons (Fsp3) is 0.643. The molecule has 1 aromatic heterocycles. The van der Waals surface area contributed by atoms with Gasteiger partial charge in [0.25, 0.3) is 0 Å². The van der Waals surface area contributed by atoms with Crippen LogP contribution in [0, 0.1) is 0 Å². The van der Waals surface area contributed by atoms with E-state index in [0.29, 0.717) is 6.29 Å². The van der Waals surface area contributed by atoms with Gasteiger partial charge in [0.1, 0.15) is 12.3 Å². The van der Waals surface area contributed by atoms with Crippen molar-refractivity contribution in [3.05, 3.63) is 33.1 Å². The smallest absolute Gasteiger partial charge is 0.301 e. The molecular weight excluding hydrogens is 258 g/mol. The molecule has 6 heteroatoms.